The molecule has 4 heteroatoms. The molecule has 1 rings (SSSR count). The maximum absolute atomic E-state index is 10.8. The second-order valence-electron chi connectivity index (χ2n) is 4.94. The first-order valence-electron chi connectivity index (χ1n) is 4.98. The van der Waals surface area contributed by atoms with Crippen molar-refractivity contribution >= 4 is 5.97 Å². The van der Waals surface area contributed by atoms with Crippen molar-refractivity contribution < 1.29 is 14.3 Å². The van der Waals surface area contributed by atoms with Gasteiger partial charge < -0.3 is 9.52 Å². The lowest BCUT2D eigenvalue weighted by atomic mass is 9.88. The first-order chi connectivity index (χ1) is 6.73. The molecule has 0 spiro atoms. The molecule has 1 N–H and O–H groups in total. The minimum atomic E-state index is -1.12. The van der Waals surface area contributed by atoms with Crippen LogP contribution < -0.4 is 0 Å². The van der Waals surface area contributed by atoms with Gasteiger partial charge in [-0.25, -0.2) is 9.78 Å². The average Bonchev–Trinajstić information content (AvgIpc) is 2.45. The summed E-state index contributed by atoms with van der Waals surface area (Å²) in [4.78, 5) is 14.8. The number of aromatic carboxylic acids is 1. The summed E-state index contributed by atoms with van der Waals surface area (Å²) in [6, 6.07) is 0. The van der Waals surface area contributed by atoms with E-state index in [1.807, 2.05) is 34.6 Å². The Bertz CT molecular complexity index is 372. The van der Waals surface area contributed by atoms with Gasteiger partial charge in [-0.05, 0) is 0 Å². The van der Waals surface area contributed by atoms with E-state index < -0.39 is 5.97 Å². The van der Waals surface area contributed by atoms with Crippen molar-refractivity contribution in [2.24, 2.45) is 0 Å². The van der Waals surface area contributed by atoms with E-state index in [4.69, 9.17) is 9.52 Å². The predicted octanol–water partition coefficient (Wildman–Crippen LogP) is 2.79. The molecule has 0 radical (unpaired) electrons. The number of nitrogens with zero attached hydrogens (tertiary/aromatic N) is 1. The maximum atomic E-state index is 10.8. The van der Waals surface area contributed by atoms with Gasteiger partial charge in [0.25, 0.3) is 0 Å². The third-order valence-electron chi connectivity index (χ3n) is 2.07. The molecule has 1 aromatic heterocycles. The molecule has 0 amide bonds. The smallest absolute Gasteiger partial charge is 0.392 e. The number of oxazole rings is 1. The van der Waals surface area contributed by atoms with Crippen LogP contribution in [0.1, 0.15) is 62.7 Å². The third kappa shape index (κ3) is 2.37. The molecule has 0 atom stereocenters. The van der Waals surface area contributed by atoms with Crippen molar-refractivity contribution in [2.75, 3.05) is 0 Å². The van der Waals surface area contributed by atoms with Crippen molar-refractivity contribution in [2.45, 2.75) is 46.0 Å². The zero-order valence-corrected chi connectivity index (χ0v) is 9.79. The molecule has 4 nitrogen and oxygen atoms in total. The van der Waals surface area contributed by atoms with Crippen LogP contribution in [0.3, 0.4) is 0 Å². The fraction of sp³-hybridized carbons (Fsp3) is 0.636. The van der Waals surface area contributed by atoms with Crippen LogP contribution >= 0.6 is 0 Å². The number of rotatable bonds is 2. The van der Waals surface area contributed by atoms with Gasteiger partial charge in [-0.15, -0.1) is 0 Å². The quantitative estimate of drug-likeness (QED) is 0.817. The van der Waals surface area contributed by atoms with Crippen molar-refractivity contribution in [1.29, 1.82) is 0 Å². The van der Waals surface area contributed by atoms with E-state index >= 15 is 0 Å². The number of carboxylic acid groups (broad SMARTS) is 1. The van der Waals surface area contributed by atoms with Gasteiger partial charge in [0.05, 0.1) is 5.69 Å². The van der Waals surface area contributed by atoms with Crippen molar-refractivity contribution in [3.8, 4) is 0 Å². The van der Waals surface area contributed by atoms with Crippen LogP contribution in [-0.4, -0.2) is 16.1 Å². The van der Waals surface area contributed by atoms with E-state index in [0.29, 0.717) is 5.76 Å². The molecule has 0 aliphatic heterocycles. The molecule has 84 valence electrons. The Morgan fingerprint density at radius 2 is 1.93 bits per heavy atom. The normalized spacial score (nSPS) is 12.1. The molecule has 0 unspecified atom stereocenters. The highest BCUT2D eigenvalue weighted by Gasteiger charge is 2.28. The zero-order valence-electron chi connectivity index (χ0n) is 9.79. The van der Waals surface area contributed by atoms with Gasteiger partial charge >= 0.3 is 11.9 Å². The first kappa shape index (κ1) is 11.8. The molecule has 0 saturated carbocycles. The van der Waals surface area contributed by atoms with E-state index in [0.717, 1.165) is 5.69 Å². The lowest BCUT2D eigenvalue weighted by Crippen LogP contribution is -2.15. The Kier molecular flexibility index (Phi) is 2.88. The van der Waals surface area contributed by atoms with Gasteiger partial charge in [-0.1, -0.05) is 34.6 Å². The van der Waals surface area contributed by atoms with Gasteiger partial charge in [0.2, 0.25) is 0 Å². The minimum Gasteiger partial charge on any atom is -0.474 e. The van der Waals surface area contributed by atoms with Gasteiger partial charge in [0.1, 0.15) is 5.76 Å². The SMILES string of the molecule is CC(C)c1oc(C(=O)O)nc1C(C)(C)C. The largest absolute Gasteiger partial charge is 0.474 e. The number of hydrogen-bond acceptors (Lipinski definition) is 3. The summed E-state index contributed by atoms with van der Waals surface area (Å²) < 4.78 is 5.25. The summed E-state index contributed by atoms with van der Waals surface area (Å²) in [5.41, 5.74) is 0.534. The summed E-state index contributed by atoms with van der Waals surface area (Å²) in [7, 11) is 0. The third-order valence-corrected chi connectivity index (χ3v) is 2.07. The van der Waals surface area contributed by atoms with E-state index in [1.54, 1.807) is 0 Å². The van der Waals surface area contributed by atoms with Crippen LogP contribution in [0.4, 0.5) is 0 Å². The summed E-state index contributed by atoms with van der Waals surface area (Å²) in [6.45, 7) is 9.88. The van der Waals surface area contributed by atoms with Crippen molar-refractivity contribution in [1.82, 2.24) is 4.98 Å². The molecule has 0 bridgehead atoms. The Morgan fingerprint density at radius 3 is 2.20 bits per heavy atom. The highest BCUT2D eigenvalue weighted by molar-refractivity contribution is 5.82. The second-order valence-corrected chi connectivity index (χ2v) is 4.94. The summed E-state index contributed by atoms with van der Waals surface area (Å²) in [6.07, 6.45) is 0. The van der Waals surface area contributed by atoms with E-state index in [9.17, 15) is 4.79 Å². The molecular formula is C11H17NO3. The minimum absolute atomic E-state index is 0.139. The van der Waals surface area contributed by atoms with Crippen LogP contribution in [0, 0.1) is 0 Å². The van der Waals surface area contributed by atoms with Gasteiger partial charge in [0.15, 0.2) is 0 Å². The molecule has 0 saturated heterocycles. The molecule has 0 fully saturated rings. The van der Waals surface area contributed by atoms with E-state index in [1.165, 1.54) is 0 Å². The average molecular weight is 211 g/mol. The number of aromatic nitrogens is 1. The highest BCUT2D eigenvalue weighted by atomic mass is 16.4. The summed E-state index contributed by atoms with van der Waals surface area (Å²) in [5, 5.41) is 8.81. The van der Waals surface area contributed by atoms with Crippen molar-refractivity contribution in [3.63, 3.8) is 0 Å². The van der Waals surface area contributed by atoms with E-state index in [2.05, 4.69) is 4.98 Å². The Morgan fingerprint density at radius 1 is 1.40 bits per heavy atom. The van der Waals surface area contributed by atoms with E-state index in [-0.39, 0.29) is 17.2 Å². The summed E-state index contributed by atoms with van der Waals surface area (Å²) >= 11 is 0. The predicted molar refractivity (Wildman–Crippen MR) is 56.3 cm³/mol. The Balaban J connectivity index is 3.30. The number of carbonyl (C=O) groups is 1. The molecule has 0 aliphatic rings. The Labute approximate surface area is 89.3 Å². The van der Waals surface area contributed by atoms with Gasteiger partial charge in [-0.3, -0.25) is 0 Å². The van der Waals surface area contributed by atoms with Crippen LogP contribution in [0.2, 0.25) is 0 Å². The molecular weight excluding hydrogens is 194 g/mol. The summed E-state index contributed by atoms with van der Waals surface area (Å²) in [5.74, 6) is -0.532. The monoisotopic (exact) mass is 211 g/mol. The fourth-order valence-electron chi connectivity index (χ4n) is 1.35. The molecule has 0 aromatic carbocycles. The fourth-order valence-corrected chi connectivity index (χ4v) is 1.35. The van der Waals surface area contributed by atoms with Crippen LogP contribution in [0.15, 0.2) is 4.42 Å². The molecule has 0 aliphatic carbocycles. The Hall–Kier alpha value is -1.32. The molecule has 15 heavy (non-hydrogen) atoms. The molecule has 1 aromatic rings. The lowest BCUT2D eigenvalue weighted by Gasteiger charge is -2.17. The van der Waals surface area contributed by atoms with Crippen LogP contribution in [-0.2, 0) is 5.41 Å². The highest BCUT2D eigenvalue weighted by Crippen LogP contribution is 2.30. The lowest BCUT2D eigenvalue weighted by molar-refractivity contribution is 0.0651. The number of carboxylic acids is 1. The van der Waals surface area contributed by atoms with Crippen LogP contribution in [0.25, 0.3) is 0 Å². The second kappa shape index (κ2) is 3.68. The molecule has 1 heterocycles. The zero-order chi connectivity index (χ0) is 11.8. The first-order valence-corrected chi connectivity index (χ1v) is 4.98. The van der Waals surface area contributed by atoms with Crippen molar-refractivity contribution in [3.05, 3.63) is 17.3 Å². The van der Waals surface area contributed by atoms with Gasteiger partial charge in [-0.2, -0.15) is 0 Å². The standard InChI is InChI=1S/C11H17NO3/c1-6(2)7-8(11(3,4)5)12-9(15-7)10(13)14/h6H,1-5H3,(H,13,14). The maximum Gasteiger partial charge on any atom is 0.392 e. The van der Waals surface area contributed by atoms with Gasteiger partial charge in [0, 0.05) is 11.3 Å². The topological polar surface area (TPSA) is 63.3 Å². The van der Waals surface area contributed by atoms with Crippen LogP contribution in [0.5, 0.6) is 0 Å². The number of hydrogen-bond donors (Lipinski definition) is 1.